The van der Waals surface area contributed by atoms with Gasteiger partial charge in [-0.2, -0.15) is 0 Å². The molecule has 106 valence electrons. The van der Waals surface area contributed by atoms with Crippen LogP contribution in [-0.4, -0.2) is 14.1 Å². The monoisotopic (exact) mass is 332 g/mol. The normalized spacial score (nSPS) is 10.4. The Bertz CT molecular complexity index is 565. The molecular formula is C17H21BrN2. The minimum Gasteiger partial charge on any atom is -0.381 e. The van der Waals surface area contributed by atoms with Crippen LogP contribution < -0.4 is 10.2 Å². The predicted molar refractivity (Wildman–Crippen MR) is 91.7 cm³/mol. The molecule has 0 aliphatic rings. The molecule has 0 saturated heterocycles. The van der Waals surface area contributed by atoms with Crippen molar-refractivity contribution in [1.29, 1.82) is 0 Å². The quantitative estimate of drug-likeness (QED) is 0.869. The zero-order valence-electron chi connectivity index (χ0n) is 12.5. The van der Waals surface area contributed by atoms with E-state index in [0.29, 0.717) is 0 Å². The molecule has 0 spiro atoms. The number of benzene rings is 2. The zero-order chi connectivity index (χ0) is 14.7. The van der Waals surface area contributed by atoms with E-state index in [0.717, 1.165) is 6.54 Å². The van der Waals surface area contributed by atoms with Crippen molar-refractivity contribution in [1.82, 2.24) is 0 Å². The Morgan fingerprint density at radius 3 is 2.05 bits per heavy atom. The Kier molecular flexibility index (Phi) is 4.71. The molecule has 0 unspecified atom stereocenters. The SMILES string of the molecule is Cc1cc(NCc2ccc(N(C)C)cc2)cc(C)c1Br. The van der Waals surface area contributed by atoms with Crippen LogP contribution in [0, 0.1) is 13.8 Å². The smallest absolute Gasteiger partial charge is 0.0400 e. The largest absolute Gasteiger partial charge is 0.381 e. The van der Waals surface area contributed by atoms with Crippen molar-refractivity contribution >= 4 is 27.3 Å². The third-order valence-corrected chi connectivity index (χ3v) is 4.64. The van der Waals surface area contributed by atoms with E-state index in [1.54, 1.807) is 0 Å². The fourth-order valence-electron chi connectivity index (χ4n) is 2.16. The second-order valence-electron chi connectivity index (χ2n) is 5.34. The van der Waals surface area contributed by atoms with E-state index in [4.69, 9.17) is 0 Å². The highest BCUT2D eigenvalue weighted by molar-refractivity contribution is 9.10. The molecular weight excluding hydrogens is 312 g/mol. The van der Waals surface area contributed by atoms with Crippen molar-refractivity contribution in [3.05, 3.63) is 57.6 Å². The maximum absolute atomic E-state index is 3.60. The summed E-state index contributed by atoms with van der Waals surface area (Å²) in [6, 6.07) is 13.0. The van der Waals surface area contributed by atoms with E-state index in [2.05, 4.69) is 90.5 Å². The van der Waals surface area contributed by atoms with Crippen LogP contribution in [0.1, 0.15) is 16.7 Å². The fraction of sp³-hybridized carbons (Fsp3) is 0.294. The molecule has 0 radical (unpaired) electrons. The molecule has 0 saturated carbocycles. The first-order valence-electron chi connectivity index (χ1n) is 6.74. The summed E-state index contributed by atoms with van der Waals surface area (Å²) in [5.74, 6) is 0. The van der Waals surface area contributed by atoms with Gasteiger partial charge >= 0.3 is 0 Å². The maximum atomic E-state index is 3.60. The van der Waals surface area contributed by atoms with Crippen LogP contribution >= 0.6 is 15.9 Å². The summed E-state index contributed by atoms with van der Waals surface area (Å²) < 4.78 is 1.19. The summed E-state index contributed by atoms with van der Waals surface area (Å²) in [4.78, 5) is 2.11. The lowest BCUT2D eigenvalue weighted by atomic mass is 10.1. The number of nitrogens with one attached hydrogen (secondary N) is 1. The highest BCUT2D eigenvalue weighted by Gasteiger charge is 2.02. The predicted octanol–water partition coefficient (Wildman–Crippen LogP) is 4.74. The molecule has 0 aromatic heterocycles. The molecule has 0 atom stereocenters. The molecule has 3 heteroatoms. The van der Waals surface area contributed by atoms with Gasteiger partial charge in [-0.15, -0.1) is 0 Å². The summed E-state index contributed by atoms with van der Waals surface area (Å²) >= 11 is 3.60. The molecule has 0 bridgehead atoms. The van der Waals surface area contributed by atoms with Crippen molar-refractivity contribution in [2.24, 2.45) is 0 Å². The van der Waals surface area contributed by atoms with Crippen molar-refractivity contribution in [2.75, 3.05) is 24.3 Å². The van der Waals surface area contributed by atoms with E-state index >= 15 is 0 Å². The summed E-state index contributed by atoms with van der Waals surface area (Å²) in [5, 5.41) is 3.48. The third-order valence-electron chi connectivity index (χ3n) is 3.39. The van der Waals surface area contributed by atoms with Crippen molar-refractivity contribution in [2.45, 2.75) is 20.4 Å². The van der Waals surface area contributed by atoms with E-state index in [1.165, 1.54) is 32.5 Å². The van der Waals surface area contributed by atoms with E-state index in [1.807, 2.05) is 0 Å². The topological polar surface area (TPSA) is 15.3 Å². The first-order chi connectivity index (χ1) is 9.47. The number of anilines is 2. The van der Waals surface area contributed by atoms with Gasteiger partial charge in [0.2, 0.25) is 0 Å². The number of halogens is 1. The molecule has 0 fully saturated rings. The van der Waals surface area contributed by atoms with E-state index in [-0.39, 0.29) is 0 Å². The Labute approximate surface area is 129 Å². The first kappa shape index (κ1) is 14.9. The number of aryl methyl sites for hydroxylation is 2. The van der Waals surface area contributed by atoms with Crippen molar-refractivity contribution in [3.63, 3.8) is 0 Å². The van der Waals surface area contributed by atoms with Gasteiger partial charge < -0.3 is 10.2 Å². The molecule has 1 N–H and O–H groups in total. The lowest BCUT2D eigenvalue weighted by Gasteiger charge is -2.14. The second-order valence-corrected chi connectivity index (χ2v) is 6.13. The van der Waals surface area contributed by atoms with Crippen molar-refractivity contribution in [3.8, 4) is 0 Å². The van der Waals surface area contributed by atoms with Crippen molar-refractivity contribution < 1.29 is 0 Å². The molecule has 2 aromatic carbocycles. The van der Waals surface area contributed by atoms with Gasteiger partial charge in [-0.25, -0.2) is 0 Å². The molecule has 0 aliphatic carbocycles. The highest BCUT2D eigenvalue weighted by Crippen LogP contribution is 2.25. The average Bonchev–Trinajstić information content (AvgIpc) is 2.42. The first-order valence-corrected chi connectivity index (χ1v) is 7.53. The molecule has 0 aliphatic heterocycles. The van der Waals surface area contributed by atoms with Gasteiger partial charge in [0, 0.05) is 36.5 Å². The van der Waals surface area contributed by atoms with Gasteiger partial charge in [0.25, 0.3) is 0 Å². The van der Waals surface area contributed by atoms with Gasteiger partial charge in [-0.05, 0) is 54.8 Å². The molecule has 0 amide bonds. The fourth-order valence-corrected chi connectivity index (χ4v) is 2.39. The minimum absolute atomic E-state index is 0.841. The van der Waals surface area contributed by atoms with Crippen LogP contribution in [0.4, 0.5) is 11.4 Å². The van der Waals surface area contributed by atoms with Crippen LogP contribution in [0.2, 0.25) is 0 Å². The third kappa shape index (κ3) is 3.54. The number of nitrogens with zero attached hydrogens (tertiary/aromatic N) is 1. The van der Waals surface area contributed by atoms with Gasteiger partial charge in [-0.1, -0.05) is 28.1 Å². The van der Waals surface area contributed by atoms with Crippen LogP contribution in [0.15, 0.2) is 40.9 Å². The number of hydrogen-bond donors (Lipinski definition) is 1. The van der Waals surface area contributed by atoms with Gasteiger partial charge in [0.05, 0.1) is 0 Å². The lowest BCUT2D eigenvalue weighted by molar-refractivity contribution is 1.11. The number of rotatable bonds is 4. The summed E-state index contributed by atoms with van der Waals surface area (Å²) in [5.41, 5.74) is 6.20. The standard InChI is InChI=1S/C17H21BrN2/c1-12-9-15(10-13(2)17(12)18)19-11-14-5-7-16(8-6-14)20(3)4/h5-10,19H,11H2,1-4H3. The molecule has 20 heavy (non-hydrogen) atoms. The van der Waals surface area contributed by atoms with Crippen LogP contribution in [0.25, 0.3) is 0 Å². The van der Waals surface area contributed by atoms with Crippen LogP contribution in [0.3, 0.4) is 0 Å². The van der Waals surface area contributed by atoms with Gasteiger partial charge in [0.1, 0.15) is 0 Å². The molecule has 2 nitrogen and oxygen atoms in total. The Morgan fingerprint density at radius 1 is 1.00 bits per heavy atom. The summed E-state index contributed by atoms with van der Waals surface area (Å²) in [6.07, 6.45) is 0. The Balaban J connectivity index is 2.05. The number of hydrogen-bond acceptors (Lipinski definition) is 2. The van der Waals surface area contributed by atoms with Gasteiger partial charge in [0.15, 0.2) is 0 Å². The summed E-state index contributed by atoms with van der Waals surface area (Å²) in [7, 11) is 4.11. The average molecular weight is 333 g/mol. The minimum atomic E-state index is 0.841. The van der Waals surface area contributed by atoms with E-state index in [9.17, 15) is 0 Å². The molecule has 2 rings (SSSR count). The van der Waals surface area contributed by atoms with E-state index < -0.39 is 0 Å². The Morgan fingerprint density at radius 2 is 1.55 bits per heavy atom. The zero-order valence-corrected chi connectivity index (χ0v) is 14.1. The maximum Gasteiger partial charge on any atom is 0.0400 e. The van der Waals surface area contributed by atoms with Gasteiger partial charge in [-0.3, -0.25) is 0 Å². The van der Waals surface area contributed by atoms with Crippen LogP contribution in [-0.2, 0) is 6.54 Å². The molecule has 2 aromatic rings. The lowest BCUT2D eigenvalue weighted by Crippen LogP contribution is -2.08. The summed E-state index contributed by atoms with van der Waals surface area (Å²) in [6.45, 7) is 5.08. The van der Waals surface area contributed by atoms with Crippen LogP contribution in [0.5, 0.6) is 0 Å². The second kappa shape index (κ2) is 6.31. The highest BCUT2D eigenvalue weighted by atomic mass is 79.9. The Hall–Kier alpha value is -1.48. The molecule has 0 heterocycles.